The molecule has 0 radical (unpaired) electrons. The second-order valence-electron chi connectivity index (χ2n) is 5.22. The third-order valence-electron chi connectivity index (χ3n) is 2.31. The topological polar surface area (TPSA) is 26.3 Å². The van der Waals surface area contributed by atoms with E-state index < -0.39 is 0 Å². The van der Waals surface area contributed by atoms with E-state index in [2.05, 4.69) is 20.8 Å². The van der Waals surface area contributed by atoms with E-state index in [4.69, 9.17) is 4.74 Å². The van der Waals surface area contributed by atoms with Crippen LogP contribution in [0.4, 0.5) is 0 Å². The molecule has 1 rings (SSSR count). The van der Waals surface area contributed by atoms with E-state index in [1.54, 1.807) is 6.08 Å². The van der Waals surface area contributed by atoms with Crippen LogP contribution in [0.3, 0.4) is 0 Å². The molecule has 0 amide bonds. The molecule has 0 spiro atoms. The molecule has 2 heteroatoms. The number of hydrogen-bond donors (Lipinski definition) is 0. The average Bonchev–Trinajstić information content (AvgIpc) is 2.26. The molecule has 0 aliphatic carbocycles. The van der Waals surface area contributed by atoms with Gasteiger partial charge in [0.25, 0.3) is 0 Å². The highest BCUT2D eigenvalue weighted by atomic mass is 16.5. The third-order valence-corrected chi connectivity index (χ3v) is 2.31. The van der Waals surface area contributed by atoms with Gasteiger partial charge in [-0.1, -0.05) is 51.1 Å². The largest absolute Gasteiger partial charge is 0.463 e. The van der Waals surface area contributed by atoms with Gasteiger partial charge in [-0.05, 0) is 23.5 Å². The van der Waals surface area contributed by atoms with E-state index in [-0.39, 0.29) is 11.4 Å². The number of rotatable bonds is 4. The highest BCUT2D eigenvalue weighted by molar-refractivity contribution is 5.86. The van der Waals surface area contributed by atoms with Crippen molar-refractivity contribution in [3.8, 4) is 0 Å². The molecule has 17 heavy (non-hydrogen) atoms. The molecule has 0 atom stereocenters. The number of carbonyl (C=O) groups excluding carboxylic acids is 1. The predicted octanol–water partition coefficient (Wildman–Crippen LogP) is 3.68. The summed E-state index contributed by atoms with van der Waals surface area (Å²) in [4.78, 5) is 11.4. The van der Waals surface area contributed by atoms with Crippen molar-refractivity contribution >= 4 is 12.0 Å². The fourth-order valence-electron chi connectivity index (χ4n) is 1.23. The highest BCUT2D eigenvalue weighted by Crippen LogP contribution is 2.17. The molecule has 0 saturated carbocycles. The molecule has 1 aromatic carbocycles. The zero-order valence-electron chi connectivity index (χ0n) is 10.8. The minimum Gasteiger partial charge on any atom is -0.463 e. The maximum Gasteiger partial charge on any atom is 0.330 e. The summed E-state index contributed by atoms with van der Waals surface area (Å²) < 4.78 is 5.11. The second kappa shape index (κ2) is 6.24. The van der Waals surface area contributed by atoms with Crippen LogP contribution in [0.5, 0.6) is 0 Å². The molecule has 92 valence electrons. The van der Waals surface area contributed by atoms with Gasteiger partial charge in [-0.2, -0.15) is 0 Å². The first kappa shape index (κ1) is 13.5. The average molecular weight is 232 g/mol. The quantitative estimate of drug-likeness (QED) is 0.584. The van der Waals surface area contributed by atoms with E-state index in [0.29, 0.717) is 6.61 Å². The summed E-state index contributed by atoms with van der Waals surface area (Å²) in [5.41, 5.74) is 1.20. The molecule has 0 heterocycles. The van der Waals surface area contributed by atoms with Gasteiger partial charge in [-0.3, -0.25) is 0 Å². The Kier molecular flexibility index (Phi) is 4.95. The molecule has 0 bridgehead atoms. The summed E-state index contributed by atoms with van der Waals surface area (Å²) in [6, 6.07) is 9.70. The van der Waals surface area contributed by atoms with Crippen LogP contribution >= 0.6 is 0 Å². The van der Waals surface area contributed by atoms with Gasteiger partial charge in [0.2, 0.25) is 0 Å². The molecule has 0 N–H and O–H groups in total. The first-order chi connectivity index (χ1) is 7.97. The van der Waals surface area contributed by atoms with Crippen LogP contribution in [0.15, 0.2) is 36.4 Å². The van der Waals surface area contributed by atoms with Gasteiger partial charge in [0, 0.05) is 6.08 Å². The maximum atomic E-state index is 11.4. The van der Waals surface area contributed by atoms with Crippen LogP contribution < -0.4 is 0 Å². The van der Waals surface area contributed by atoms with Crippen LogP contribution in [-0.4, -0.2) is 12.6 Å². The van der Waals surface area contributed by atoms with Crippen molar-refractivity contribution in [1.82, 2.24) is 0 Å². The zero-order chi connectivity index (χ0) is 12.7. The molecule has 2 nitrogen and oxygen atoms in total. The molecule has 0 unspecified atom stereocenters. The lowest BCUT2D eigenvalue weighted by Gasteiger charge is -2.16. The molecule has 1 aromatic rings. The Hall–Kier alpha value is -1.57. The first-order valence-electron chi connectivity index (χ1n) is 5.87. The molecule has 0 aliphatic heterocycles. The lowest BCUT2D eigenvalue weighted by Crippen LogP contribution is -2.11. The number of benzene rings is 1. The van der Waals surface area contributed by atoms with Crippen LogP contribution in [0, 0.1) is 5.41 Å². The molecule has 0 fully saturated rings. The molecule has 0 aromatic heterocycles. The highest BCUT2D eigenvalue weighted by Gasteiger charge is 2.10. The number of carbonyl (C=O) groups is 1. The Bertz CT molecular complexity index is 372. The summed E-state index contributed by atoms with van der Waals surface area (Å²) in [6.07, 6.45) is 4.11. The minimum atomic E-state index is -0.280. The second-order valence-corrected chi connectivity index (χ2v) is 5.22. The van der Waals surface area contributed by atoms with E-state index in [9.17, 15) is 4.79 Å². The SMILES string of the molecule is CC(C)(C)CCOC(=O)/C=C/c1ccccc1. The summed E-state index contributed by atoms with van der Waals surface area (Å²) in [5, 5.41) is 0. The summed E-state index contributed by atoms with van der Waals surface area (Å²) in [7, 11) is 0. The number of esters is 1. The zero-order valence-corrected chi connectivity index (χ0v) is 10.8. The maximum absolute atomic E-state index is 11.4. The normalized spacial score (nSPS) is 11.7. The minimum absolute atomic E-state index is 0.198. The Morgan fingerprint density at radius 2 is 1.88 bits per heavy atom. The summed E-state index contributed by atoms with van der Waals surface area (Å²) in [5.74, 6) is -0.280. The molecule has 0 saturated heterocycles. The van der Waals surface area contributed by atoms with E-state index in [1.165, 1.54) is 6.08 Å². The van der Waals surface area contributed by atoms with E-state index >= 15 is 0 Å². The van der Waals surface area contributed by atoms with Gasteiger partial charge >= 0.3 is 5.97 Å². The van der Waals surface area contributed by atoms with Gasteiger partial charge in [-0.15, -0.1) is 0 Å². The van der Waals surface area contributed by atoms with Gasteiger partial charge in [-0.25, -0.2) is 4.79 Å². The van der Waals surface area contributed by atoms with Gasteiger partial charge in [0.05, 0.1) is 6.61 Å². The van der Waals surface area contributed by atoms with Crippen molar-refractivity contribution < 1.29 is 9.53 Å². The van der Waals surface area contributed by atoms with Crippen LogP contribution in [0.2, 0.25) is 0 Å². The Morgan fingerprint density at radius 1 is 1.24 bits per heavy atom. The standard InChI is InChI=1S/C15H20O2/c1-15(2,3)11-12-17-14(16)10-9-13-7-5-4-6-8-13/h4-10H,11-12H2,1-3H3/b10-9+. The van der Waals surface area contributed by atoms with Crippen molar-refractivity contribution in [2.24, 2.45) is 5.41 Å². The number of hydrogen-bond acceptors (Lipinski definition) is 2. The lowest BCUT2D eigenvalue weighted by atomic mass is 9.93. The monoisotopic (exact) mass is 232 g/mol. The number of ether oxygens (including phenoxy) is 1. The van der Waals surface area contributed by atoms with Crippen molar-refractivity contribution in [2.45, 2.75) is 27.2 Å². The van der Waals surface area contributed by atoms with Crippen molar-refractivity contribution in [3.05, 3.63) is 42.0 Å². The Morgan fingerprint density at radius 3 is 2.47 bits per heavy atom. The fourth-order valence-corrected chi connectivity index (χ4v) is 1.23. The van der Waals surface area contributed by atoms with Crippen molar-refractivity contribution in [2.75, 3.05) is 6.61 Å². The molecular formula is C15H20O2. The van der Waals surface area contributed by atoms with Gasteiger partial charge in [0.1, 0.15) is 0 Å². The van der Waals surface area contributed by atoms with Gasteiger partial charge in [0.15, 0.2) is 0 Å². The summed E-state index contributed by atoms with van der Waals surface area (Å²) in [6.45, 7) is 6.85. The summed E-state index contributed by atoms with van der Waals surface area (Å²) >= 11 is 0. The fraction of sp³-hybridized carbons (Fsp3) is 0.400. The third kappa shape index (κ3) is 6.56. The smallest absolute Gasteiger partial charge is 0.330 e. The molecular weight excluding hydrogens is 212 g/mol. The predicted molar refractivity (Wildman–Crippen MR) is 70.5 cm³/mol. The first-order valence-corrected chi connectivity index (χ1v) is 5.87. The molecule has 0 aliphatic rings. The lowest BCUT2D eigenvalue weighted by molar-refractivity contribution is -0.138. The van der Waals surface area contributed by atoms with Crippen LogP contribution in [-0.2, 0) is 9.53 Å². The van der Waals surface area contributed by atoms with Crippen LogP contribution in [0.25, 0.3) is 6.08 Å². The van der Waals surface area contributed by atoms with E-state index in [0.717, 1.165) is 12.0 Å². The van der Waals surface area contributed by atoms with Gasteiger partial charge < -0.3 is 4.74 Å². The van der Waals surface area contributed by atoms with Crippen molar-refractivity contribution in [1.29, 1.82) is 0 Å². The van der Waals surface area contributed by atoms with Crippen molar-refractivity contribution in [3.63, 3.8) is 0 Å². The van der Waals surface area contributed by atoms with Crippen LogP contribution in [0.1, 0.15) is 32.8 Å². The Labute approximate surface area is 103 Å². The van der Waals surface area contributed by atoms with E-state index in [1.807, 2.05) is 30.3 Å². The Balaban J connectivity index is 2.33.